The molecule has 1 atom stereocenters. The predicted molar refractivity (Wildman–Crippen MR) is 63.8 cm³/mol. The summed E-state index contributed by atoms with van der Waals surface area (Å²) in [7, 11) is 1.61. The van der Waals surface area contributed by atoms with E-state index in [0.29, 0.717) is 6.54 Å². The highest BCUT2D eigenvalue weighted by Crippen LogP contribution is 2.01. The molecule has 5 nitrogen and oxygen atoms in total. The van der Waals surface area contributed by atoms with Gasteiger partial charge in [-0.25, -0.2) is 0 Å². The van der Waals surface area contributed by atoms with Crippen LogP contribution in [0, 0.1) is 5.92 Å². The van der Waals surface area contributed by atoms with Crippen molar-refractivity contribution in [3.8, 4) is 0 Å². The molecule has 0 bridgehead atoms. The zero-order chi connectivity index (χ0) is 12.9. The summed E-state index contributed by atoms with van der Waals surface area (Å²) in [6.07, 6.45) is 0. The lowest BCUT2D eigenvalue weighted by Gasteiger charge is -2.24. The van der Waals surface area contributed by atoms with Gasteiger partial charge < -0.3 is 16.0 Å². The third-order valence-electron chi connectivity index (χ3n) is 2.05. The zero-order valence-electron chi connectivity index (χ0n) is 10.8. The van der Waals surface area contributed by atoms with E-state index in [1.165, 1.54) is 4.90 Å². The summed E-state index contributed by atoms with van der Waals surface area (Å²) >= 11 is 0. The zero-order valence-corrected chi connectivity index (χ0v) is 10.8. The van der Waals surface area contributed by atoms with Gasteiger partial charge in [0.2, 0.25) is 11.8 Å². The molecule has 0 aliphatic carbocycles. The lowest BCUT2D eigenvalue weighted by molar-refractivity contribution is -0.137. The monoisotopic (exact) mass is 229 g/mol. The summed E-state index contributed by atoms with van der Waals surface area (Å²) in [5.41, 5.74) is 5.12. The number of carbonyl (C=O) groups excluding carboxylic acids is 2. The van der Waals surface area contributed by atoms with Gasteiger partial charge in [0.25, 0.3) is 0 Å². The molecule has 0 radical (unpaired) electrons. The summed E-state index contributed by atoms with van der Waals surface area (Å²) in [6.45, 7) is 7.81. The number of rotatable bonds is 4. The molecule has 0 aromatic rings. The van der Waals surface area contributed by atoms with Crippen LogP contribution in [0.3, 0.4) is 0 Å². The van der Waals surface area contributed by atoms with Crippen LogP contribution in [0.15, 0.2) is 0 Å². The number of nitrogens with zero attached hydrogens (tertiary/aromatic N) is 1. The quantitative estimate of drug-likeness (QED) is 0.710. The SMILES string of the molecule is CC(CN)C(=O)N(C)CC(=O)NC(C)(C)C. The van der Waals surface area contributed by atoms with E-state index in [4.69, 9.17) is 5.73 Å². The van der Waals surface area contributed by atoms with Crippen molar-refractivity contribution in [2.24, 2.45) is 11.7 Å². The highest BCUT2D eigenvalue weighted by Gasteiger charge is 2.20. The van der Waals surface area contributed by atoms with E-state index >= 15 is 0 Å². The Bertz CT molecular complexity index is 258. The van der Waals surface area contributed by atoms with Gasteiger partial charge in [-0.3, -0.25) is 9.59 Å². The number of hydrogen-bond acceptors (Lipinski definition) is 3. The van der Waals surface area contributed by atoms with Crippen LogP contribution >= 0.6 is 0 Å². The van der Waals surface area contributed by atoms with Crippen molar-refractivity contribution in [1.82, 2.24) is 10.2 Å². The van der Waals surface area contributed by atoms with Crippen LogP contribution in [-0.4, -0.2) is 42.4 Å². The number of amides is 2. The Kier molecular flexibility index (Phi) is 5.44. The summed E-state index contributed by atoms with van der Waals surface area (Å²) in [6, 6.07) is 0. The maximum Gasteiger partial charge on any atom is 0.240 e. The normalized spacial score (nSPS) is 13.1. The van der Waals surface area contributed by atoms with Crippen LogP contribution in [0.2, 0.25) is 0 Å². The number of likely N-dealkylation sites (N-methyl/N-ethyl adjacent to an activating group) is 1. The predicted octanol–water partition coefficient (Wildman–Crippen LogP) is -0.0457. The van der Waals surface area contributed by atoms with Crippen molar-refractivity contribution < 1.29 is 9.59 Å². The van der Waals surface area contributed by atoms with Gasteiger partial charge in [0.05, 0.1) is 6.54 Å². The van der Waals surface area contributed by atoms with E-state index in [-0.39, 0.29) is 29.8 Å². The van der Waals surface area contributed by atoms with Crippen LogP contribution in [-0.2, 0) is 9.59 Å². The van der Waals surface area contributed by atoms with Crippen LogP contribution in [0.5, 0.6) is 0 Å². The van der Waals surface area contributed by atoms with E-state index in [1.807, 2.05) is 20.8 Å². The molecule has 1 unspecified atom stereocenters. The van der Waals surface area contributed by atoms with Gasteiger partial charge in [-0.15, -0.1) is 0 Å². The van der Waals surface area contributed by atoms with Crippen LogP contribution in [0.4, 0.5) is 0 Å². The van der Waals surface area contributed by atoms with Gasteiger partial charge in [0.15, 0.2) is 0 Å². The number of nitrogens with two attached hydrogens (primary N) is 1. The molecular formula is C11H23N3O2. The van der Waals surface area contributed by atoms with Crippen molar-refractivity contribution in [2.45, 2.75) is 33.2 Å². The number of hydrogen-bond donors (Lipinski definition) is 2. The third kappa shape index (κ3) is 5.70. The number of carbonyl (C=O) groups is 2. The minimum absolute atomic E-state index is 0.0699. The summed E-state index contributed by atoms with van der Waals surface area (Å²) in [5.74, 6) is -0.508. The van der Waals surface area contributed by atoms with Crippen molar-refractivity contribution in [1.29, 1.82) is 0 Å². The molecule has 0 aliphatic rings. The maximum atomic E-state index is 11.6. The minimum Gasteiger partial charge on any atom is -0.350 e. The van der Waals surface area contributed by atoms with E-state index in [2.05, 4.69) is 5.32 Å². The average Bonchev–Trinajstić information content (AvgIpc) is 2.12. The third-order valence-corrected chi connectivity index (χ3v) is 2.05. The van der Waals surface area contributed by atoms with Gasteiger partial charge in [-0.1, -0.05) is 6.92 Å². The molecule has 0 aromatic heterocycles. The molecule has 0 saturated heterocycles. The lowest BCUT2D eigenvalue weighted by atomic mass is 10.1. The molecule has 0 heterocycles. The van der Waals surface area contributed by atoms with Gasteiger partial charge in [0.1, 0.15) is 0 Å². The van der Waals surface area contributed by atoms with Crippen molar-refractivity contribution in [3.63, 3.8) is 0 Å². The van der Waals surface area contributed by atoms with Crippen molar-refractivity contribution >= 4 is 11.8 Å². The second kappa shape index (κ2) is 5.84. The smallest absolute Gasteiger partial charge is 0.240 e. The van der Waals surface area contributed by atoms with Crippen molar-refractivity contribution in [2.75, 3.05) is 20.1 Å². The summed E-state index contributed by atoms with van der Waals surface area (Å²) in [5, 5.41) is 2.80. The Hall–Kier alpha value is -1.10. The average molecular weight is 229 g/mol. The van der Waals surface area contributed by atoms with Crippen LogP contribution in [0.25, 0.3) is 0 Å². The van der Waals surface area contributed by atoms with E-state index in [0.717, 1.165) is 0 Å². The van der Waals surface area contributed by atoms with Gasteiger partial charge >= 0.3 is 0 Å². The van der Waals surface area contributed by atoms with Crippen LogP contribution < -0.4 is 11.1 Å². The van der Waals surface area contributed by atoms with Gasteiger partial charge in [-0.2, -0.15) is 0 Å². The first kappa shape index (κ1) is 14.9. The fraction of sp³-hybridized carbons (Fsp3) is 0.818. The van der Waals surface area contributed by atoms with E-state index in [1.54, 1.807) is 14.0 Å². The first-order valence-electron chi connectivity index (χ1n) is 5.43. The Morgan fingerprint density at radius 1 is 1.38 bits per heavy atom. The second-order valence-electron chi connectivity index (χ2n) is 5.13. The summed E-state index contributed by atoms with van der Waals surface area (Å²) in [4.78, 5) is 24.6. The molecule has 16 heavy (non-hydrogen) atoms. The highest BCUT2D eigenvalue weighted by atomic mass is 16.2. The van der Waals surface area contributed by atoms with Gasteiger partial charge in [-0.05, 0) is 20.8 Å². The Labute approximate surface area is 97.4 Å². The molecule has 0 aliphatic heterocycles. The van der Waals surface area contributed by atoms with Crippen molar-refractivity contribution in [3.05, 3.63) is 0 Å². The lowest BCUT2D eigenvalue weighted by Crippen LogP contribution is -2.47. The van der Waals surface area contributed by atoms with Gasteiger partial charge in [0, 0.05) is 25.0 Å². The topological polar surface area (TPSA) is 75.4 Å². The first-order valence-corrected chi connectivity index (χ1v) is 5.43. The molecule has 94 valence electrons. The standard InChI is InChI=1S/C11H23N3O2/c1-8(6-12)10(16)14(5)7-9(15)13-11(2,3)4/h8H,6-7,12H2,1-5H3,(H,13,15). The maximum absolute atomic E-state index is 11.6. The number of nitrogens with one attached hydrogen (secondary N) is 1. The Morgan fingerprint density at radius 2 is 1.88 bits per heavy atom. The molecule has 0 saturated carbocycles. The molecular weight excluding hydrogens is 206 g/mol. The molecule has 0 spiro atoms. The fourth-order valence-corrected chi connectivity index (χ4v) is 1.23. The molecule has 3 N–H and O–H groups in total. The molecule has 5 heteroatoms. The molecule has 0 aromatic carbocycles. The second-order valence-corrected chi connectivity index (χ2v) is 5.13. The fourth-order valence-electron chi connectivity index (χ4n) is 1.23. The molecule has 0 rings (SSSR count). The van der Waals surface area contributed by atoms with Crippen LogP contribution in [0.1, 0.15) is 27.7 Å². The highest BCUT2D eigenvalue weighted by molar-refractivity contribution is 5.85. The summed E-state index contributed by atoms with van der Waals surface area (Å²) < 4.78 is 0. The Balaban J connectivity index is 4.20. The molecule has 0 fully saturated rings. The minimum atomic E-state index is -0.277. The van der Waals surface area contributed by atoms with E-state index in [9.17, 15) is 9.59 Å². The molecule has 2 amide bonds. The first-order chi connectivity index (χ1) is 7.17. The largest absolute Gasteiger partial charge is 0.350 e. The van der Waals surface area contributed by atoms with E-state index < -0.39 is 0 Å². The Morgan fingerprint density at radius 3 is 2.25 bits per heavy atom.